The minimum atomic E-state index is 0.00292. The van der Waals surface area contributed by atoms with Gasteiger partial charge in [-0.1, -0.05) is 6.08 Å². The molecule has 2 amide bonds. The Hall–Kier alpha value is -1.36. The molecule has 0 radical (unpaired) electrons. The quantitative estimate of drug-likeness (QED) is 0.678. The highest BCUT2D eigenvalue weighted by Gasteiger charge is 2.30. The van der Waals surface area contributed by atoms with Gasteiger partial charge in [0.15, 0.2) is 0 Å². The fourth-order valence-electron chi connectivity index (χ4n) is 2.40. The molecule has 2 aliphatic rings. The lowest BCUT2D eigenvalue weighted by molar-refractivity contribution is -0.129. The zero-order chi connectivity index (χ0) is 13.7. The average molecular weight is 265 g/mol. The van der Waals surface area contributed by atoms with Gasteiger partial charge >= 0.3 is 0 Å². The third-order valence-corrected chi connectivity index (χ3v) is 3.61. The number of carbonyl (C=O) groups is 2. The van der Waals surface area contributed by atoms with Crippen LogP contribution in [0.15, 0.2) is 12.7 Å². The van der Waals surface area contributed by atoms with E-state index in [2.05, 4.69) is 22.1 Å². The molecule has 0 aromatic heterocycles. The van der Waals surface area contributed by atoms with Crippen molar-refractivity contribution in [2.45, 2.75) is 31.7 Å². The Morgan fingerprint density at radius 2 is 2.11 bits per heavy atom. The van der Waals surface area contributed by atoms with E-state index in [-0.39, 0.29) is 17.7 Å². The summed E-state index contributed by atoms with van der Waals surface area (Å²) >= 11 is 0. The number of rotatable bonds is 6. The minimum absolute atomic E-state index is 0.00292. The molecule has 2 fully saturated rings. The van der Waals surface area contributed by atoms with Gasteiger partial charge in [0, 0.05) is 19.1 Å². The predicted octanol–water partition coefficient (Wildman–Crippen LogP) is 0.279. The molecule has 1 aliphatic carbocycles. The monoisotopic (exact) mass is 265 g/mol. The smallest absolute Gasteiger partial charge is 0.234 e. The van der Waals surface area contributed by atoms with Crippen LogP contribution in [0.5, 0.6) is 0 Å². The van der Waals surface area contributed by atoms with Crippen LogP contribution in [0.2, 0.25) is 0 Å². The number of nitrogens with zero attached hydrogens (tertiary/aromatic N) is 1. The van der Waals surface area contributed by atoms with E-state index < -0.39 is 0 Å². The van der Waals surface area contributed by atoms with E-state index in [9.17, 15) is 9.59 Å². The standard InChI is InChI=1S/C14H23N3O2/c1-2-7-15-13(18)10-17-8-3-4-11(9-17)14(19)16-12-5-6-12/h2,11-12H,1,3-10H2,(H,15,18)(H,16,19). The summed E-state index contributed by atoms with van der Waals surface area (Å²) in [6.45, 7) is 6.03. The number of nitrogens with one attached hydrogen (secondary N) is 2. The van der Waals surface area contributed by atoms with Gasteiger partial charge in [0.05, 0.1) is 12.5 Å². The second-order valence-electron chi connectivity index (χ2n) is 5.45. The Bertz CT molecular complexity index is 353. The van der Waals surface area contributed by atoms with Crippen LogP contribution in [0.25, 0.3) is 0 Å². The number of hydrogen-bond donors (Lipinski definition) is 2. The van der Waals surface area contributed by atoms with Gasteiger partial charge in [-0.15, -0.1) is 6.58 Å². The van der Waals surface area contributed by atoms with Crippen LogP contribution in [0.1, 0.15) is 25.7 Å². The van der Waals surface area contributed by atoms with Crippen LogP contribution in [-0.4, -0.2) is 48.9 Å². The molecule has 1 saturated heterocycles. The van der Waals surface area contributed by atoms with Crippen LogP contribution in [0.3, 0.4) is 0 Å². The van der Waals surface area contributed by atoms with Crippen molar-refractivity contribution < 1.29 is 9.59 Å². The highest BCUT2D eigenvalue weighted by Crippen LogP contribution is 2.22. The zero-order valence-electron chi connectivity index (χ0n) is 11.4. The summed E-state index contributed by atoms with van der Waals surface area (Å²) in [5, 5.41) is 5.82. The van der Waals surface area contributed by atoms with Gasteiger partial charge in [-0.05, 0) is 32.2 Å². The SMILES string of the molecule is C=CCNC(=O)CN1CCCC(C(=O)NC2CC2)C1. The van der Waals surface area contributed by atoms with Gasteiger partial charge in [0.2, 0.25) is 11.8 Å². The molecule has 1 saturated carbocycles. The van der Waals surface area contributed by atoms with E-state index in [4.69, 9.17) is 0 Å². The molecule has 0 aromatic carbocycles. The summed E-state index contributed by atoms with van der Waals surface area (Å²) in [6.07, 6.45) is 5.82. The lowest BCUT2D eigenvalue weighted by Gasteiger charge is -2.31. The molecule has 1 atom stereocenters. The first kappa shape index (κ1) is 14.1. The Kier molecular flexibility index (Phi) is 4.96. The maximum Gasteiger partial charge on any atom is 0.234 e. The summed E-state index contributed by atoms with van der Waals surface area (Å²) in [7, 11) is 0. The minimum Gasteiger partial charge on any atom is -0.353 e. The number of likely N-dealkylation sites (tertiary alicyclic amines) is 1. The molecule has 1 heterocycles. The van der Waals surface area contributed by atoms with Crippen molar-refractivity contribution in [3.05, 3.63) is 12.7 Å². The molecule has 19 heavy (non-hydrogen) atoms. The van der Waals surface area contributed by atoms with E-state index in [1.807, 2.05) is 0 Å². The van der Waals surface area contributed by atoms with Crippen molar-refractivity contribution in [1.82, 2.24) is 15.5 Å². The van der Waals surface area contributed by atoms with Crippen molar-refractivity contribution in [3.8, 4) is 0 Å². The summed E-state index contributed by atoms with van der Waals surface area (Å²) in [6, 6.07) is 0.416. The normalized spacial score (nSPS) is 23.7. The second kappa shape index (κ2) is 6.70. The van der Waals surface area contributed by atoms with Crippen molar-refractivity contribution in [1.29, 1.82) is 0 Å². The molecule has 5 nitrogen and oxygen atoms in total. The molecular weight excluding hydrogens is 242 g/mol. The molecule has 2 N–H and O–H groups in total. The Morgan fingerprint density at radius 1 is 1.32 bits per heavy atom. The molecule has 0 bridgehead atoms. The van der Waals surface area contributed by atoms with Crippen LogP contribution in [0, 0.1) is 5.92 Å². The number of hydrogen-bond acceptors (Lipinski definition) is 3. The van der Waals surface area contributed by atoms with Crippen molar-refractivity contribution in [2.75, 3.05) is 26.2 Å². The van der Waals surface area contributed by atoms with Crippen LogP contribution in [0.4, 0.5) is 0 Å². The molecule has 2 rings (SSSR count). The van der Waals surface area contributed by atoms with Gasteiger partial charge in [-0.3, -0.25) is 14.5 Å². The summed E-state index contributed by atoms with van der Waals surface area (Å²) in [5.41, 5.74) is 0. The highest BCUT2D eigenvalue weighted by molar-refractivity contribution is 5.80. The second-order valence-corrected chi connectivity index (χ2v) is 5.45. The molecule has 1 unspecified atom stereocenters. The van der Waals surface area contributed by atoms with Crippen molar-refractivity contribution >= 4 is 11.8 Å². The maximum absolute atomic E-state index is 12.0. The number of piperidine rings is 1. The van der Waals surface area contributed by atoms with Gasteiger partial charge in [-0.2, -0.15) is 0 Å². The van der Waals surface area contributed by atoms with E-state index in [1.54, 1.807) is 6.08 Å². The fourth-order valence-corrected chi connectivity index (χ4v) is 2.40. The van der Waals surface area contributed by atoms with Gasteiger partial charge < -0.3 is 10.6 Å². The van der Waals surface area contributed by atoms with E-state index in [0.29, 0.717) is 25.7 Å². The third kappa shape index (κ3) is 4.67. The number of carbonyl (C=O) groups excluding carboxylic acids is 2. The molecular formula is C14H23N3O2. The predicted molar refractivity (Wildman–Crippen MR) is 73.5 cm³/mol. The van der Waals surface area contributed by atoms with Crippen molar-refractivity contribution in [3.63, 3.8) is 0 Å². The van der Waals surface area contributed by atoms with E-state index in [0.717, 1.165) is 32.2 Å². The first-order valence-electron chi connectivity index (χ1n) is 7.09. The topological polar surface area (TPSA) is 61.4 Å². The van der Waals surface area contributed by atoms with Crippen LogP contribution in [-0.2, 0) is 9.59 Å². The fraction of sp³-hybridized carbons (Fsp3) is 0.714. The Balaban J connectivity index is 1.74. The summed E-state index contributed by atoms with van der Waals surface area (Å²) in [4.78, 5) is 25.7. The third-order valence-electron chi connectivity index (χ3n) is 3.61. The maximum atomic E-state index is 12.0. The van der Waals surface area contributed by atoms with Gasteiger partial charge in [-0.25, -0.2) is 0 Å². The lowest BCUT2D eigenvalue weighted by atomic mass is 9.97. The molecule has 5 heteroatoms. The van der Waals surface area contributed by atoms with Crippen LogP contribution >= 0.6 is 0 Å². The zero-order valence-corrected chi connectivity index (χ0v) is 11.4. The van der Waals surface area contributed by atoms with Crippen molar-refractivity contribution in [2.24, 2.45) is 5.92 Å². The van der Waals surface area contributed by atoms with Gasteiger partial charge in [0.25, 0.3) is 0 Å². The number of amides is 2. The Labute approximate surface area is 114 Å². The summed E-state index contributed by atoms with van der Waals surface area (Å²) in [5.74, 6) is 0.211. The first-order valence-corrected chi connectivity index (χ1v) is 7.09. The lowest BCUT2D eigenvalue weighted by Crippen LogP contribution is -2.46. The van der Waals surface area contributed by atoms with Gasteiger partial charge in [0.1, 0.15) is 0 Å². The van der Waals surface area contributed by atoms with Crippen LogP contribution < -0.4 is 10.6 Å². The average Bonchev–Trinajstić information content (AvgIpc) is 3.20. The molecule has 0 spiro atoms. The largest absolute Gasteiger partial charge is 0.353 e. The first-order chi connectivity index (χ1) is 9.19. The molecule has 1 aliphatic heterocycles. The molecule has 106 valence electrons. The molecule has 0 aromatic rings. The van der Waals surface area contributed by atoms with E-state index in [1.165, 1.54) is 0 Å². The Morgan fingerprint density at radius 3 is 2.79 bits per heavy atom. The summed E-state index contributed by atoms with van der Waals surface area (Å²) < 4.78 is 0. The van der Waals surface area contributed by atoms with E-state index >= 15 is 0 Å². The highest BCUT2D eigenvalue weighted by atomic mass is 16.2.